The van der Waals surface area contributed by atoms with E-state index in [1.54, 1.807) is 25.2 Å². The quantitative estimate of drug-likeness (QED) is 0.436. The number of carbonyl (C=O) groups is 1. The molecule has 0 bridgehead atoms. The Morgan fingerprint density at radius 2 is 2.04 bits per heavy atom. The van der Waals surface area contributed by atoms with Crippen LogP contribution in [0.2, 0.25) is 0 Å². The van der Waals surface area contributed by atoms with E-state index in [9.17, 15) is 13.6 Å². The second kappa shape index (κ2) is 7.93. The summed E-state index contributed by atoms with van der Waals surface area (Å²) in [5.41, 5.74) is 0.810. The molecule has 9 heteroatoms. The zero-order chi connectivity index (χ0) is 19.6. The summed E-state index contributed by atoms with van der Waals surface area (Å²) < 4.78 is 28.3. The molecule has 0 saturated carbocycles. The molecule has 2 aromatic carbocycles. The van der Waals surface area contributed by atoms with Gasteiger partial charge >= 0.3 is 5.97 Å². The van der Waals surface area contributed by atoms with E-state index in [1.165, 1.54) is 17.3 Å². The van der Waals surface area contributed by atoms with Crippen LogP contribution in [0.1, 0.15) is 15.9 Å². The highest BCUT2D eigenvalue weighted by Gasteiger charge is 2.17. The van der Waals surface area contributed by atoms with Gasteiger partial charge in [-0.25, -0.2) is 19.2 Å². The fourth-order valence-corrected chi connectivity index (χ4v) is 3.47. The summed E-state index contributed by atoms with van der Waals surface area (Å²) in [6, 6.07) is 10.5. The summed E-state index contributed by atoms with van der Waals surface area (Å²) >= 11 is 4.18. The Morgan fingerprint density at radius 1 is 1.30 bits per heavy atom. The normalized spacial score (nSPS) is 11.1. The van der Waals surface area contributed by atoms with E-state index in [2.05, 4.69) is 26.0 Å². The van der Waals surface area contributed by atoms with Crippen molar-refractivity contribution in [3.8, 4) is 11.3 Å². The number of hydrazone groups is 1. The van der Waals surface area contributed by atoms with Crippen molar-refractivity contribution >= 4 is 44.6 Å². The molecular formula is C18H12BrF2N3O2S. The summed E-state index contributed by atoms with van der Waals surface area (Å²) in [5.74, 6) is -1.92. The van der Waals surface area contributed by atoms with Crippen LogP contribution in [0.5, 0.6) is 0 Å². The van der Waals surface area contributed by atoms with Gasteiger partial charge in [0, 0.05) is 22.6 Å². The van der Waals surface area contributed by atoms with Gasteiger partial charge in [-0.1, -0.05) is 45.5 Å². The van der Waals surface area contributed by atoms with Gasteiger partial charge in [0.05, 0.1) is 11.8 Å². The minimum atomic E-state index is -1.27. The van der Waals surface area contributed by atoms with E-state index in [-0.39, 0.29) is 22.0 Å². The number of aromatic carboxylic acids is 1. The largest absolute Gasteiger partial charge is 0.478 e. The maximum Gasteiger partial charge on any atom is 0.336 e. The molecule has 0 saturated heterocycles. The SMILES string of the molecule is CN(/N=C/c1ccc(F)cc1C(=O)O)c1nc(-c2ccccc2Br)c(F)s1. The lowest BCUT2D eigenvalue weighted by molar-refractivity contribution is 0.0696. The first-order chi connectivity index (χ1) is 12.9. The van der Waals surface area contributed by atoms with E-state index >= 15 is 0 Å². The van der Waals surface area contributed by atoms with Crippen molar-refractivity contribution in [1.29, 1.82) is 0 Å². The van der Waals surface area contributed by atoms with Crippen molar-refractivity contribution in [2.75, 3.05) is 12.1 Å². The van der Waals surface area contributed by atoms with Gasteiger partial charge < -0.3 is 5.11 Å². The van der Waals surface area contributed by atoms with E-state index in [1.807, 2.05) is 6.07 Å². The van der Waals surface area contributed by atoms with E-state index < -0.39 is 16.9 Å². The molecule has 0 unspecified atom stereocenters. The molecule has 27 heavy (non-hydrogen) atoms. The maximum atomic E-state index is 14.4. The summed E-state index contributed by atoms with van der Waals surface area (Å²) in [7, 11) is 1.56. The number of carboxylic acid groups (broad SMARTS) is 1. The van der Waals surface area contributed by atoms with Crippen molar-refractivity contribution in [1.82, 2.24) is 4.98 Å². The van der Waals surface area contributed by atoms with Crippen LogP contribution in [0.15, 0.2) is 52.0 Å². The molecule has 0 fully saturated rings. The number of hydrogen-bond donors (Lipinski definition) is 1. The van der Waals surface area contributed by atoms with Gasteiger partial charge in [0.25, 0.3) is 0 Å². The van der Waals surface area contributed by atoms with Gasteiger partial charge in [-0.05, 0) is 24.3 Å². The molecule has 5 nitrogen and oxygen atoms in total. The Labute approximate surface area is 165 Å². The first-order valence-electron chi connectivity index (χ1n) is 7.58. The predicted octanol–water partition coefficient (Wildman–Crippen LogP) is 5.02. The molecule has 0 amide bonds. The fourth-order valence-electron chi connectivity index (χ4n) is 2.27. The zero-order valence-electron chi connectivity index (χ0n) is 13.9. The van der Waals surface area contributed by atoms with Crippen LogP contribution >= 0.6 is 27.3 Å². The Morgan fingerprint density at radius 3 is 2.74 bits per heavy atom. The number of aromatic nitrogens is 1. The molecule has 1 N–H and O–H groups in total. The van der Waals surface area contributed by atoms with Gasteiger partial charge in [-0.3, -0.25) is 0 Å². The average molecular weight is 452 g/mol. The molecule has 0 aliphatic rings. The molecule has 0 aliphatic heterocycles. The minimum Gasteiger partial charge on any atom is -0.478 e. The molecule has 0 aliphatic carbocycles. The smallest absolute Gasteiger partial charge is 0.336 e. The second-order valence-corrected chi connectivity index (χ2v) is 7.19. The highest BCUT2D eigenvalue weighted by atomic mass is 79.9. The molecular weight excluding hydrogens is 440 g/mol. The minimum absolute atomic E-state index is 0.192. The first-order valence-corrected chi connectivity index (χ1v) is 9.19. The first kappa shape index (κ1) is 19.1. The summed E-state index contributed by atoms with van der Waals surface area (Å²) in [6.07, 6.45) is 1.26. The van der Waals surface area contributed by atoms with Crippen molar-refractivity contribution < 1.29 is 18.7 Å². The fraction of sp³-hybridized carbons (Fsp3) is 0.0556. The van der Waals surface area contributed by atoms with Gasteiger partial charge in [-0.2, -0.15) is 9.49 Å². The van der Waals surface area contributed by atoms with Crippen LogP contribution in [0.4, 0.5) is 13.9 Å². The number of rotatable bonds is 5. The Balaban J connectivity index is 1.89. The Kier molecular flexibility index (Phi) is 5.62. The van der Waals surface area contributed by atoms with Crippen LogP contribution in [0.3, 0.4) is 0 Å². The second-order valence-electron chi connectivity index (χ2n) is 5.40. The lowest BCUT2D eigenvalue weighted by Crippen LogP contribution is -2.10. The topological polar surface area (TPSA) is 65.8 Å². The van der Waals surface area contributed by atoms with E-state index in [4.69, 9.17) is 5.11 Å². The number of carboxylic acids is 1. The van der Waals surface area contributed by atoms with Crippen LogP contribution in [-0.4, -0.2) is 29.3 Å². The van der Waals surface area contributed by atoms with Crippen LogP contribution in [0.25, 0.3) is 11.3 Å². The summed E-state index contributed by atoms with van der Waals surface area (Å²) in [6.45, 7) is 0. The summed E-state index contributed by atoms with van der Waals surface area (Å²) in [5, 5.41) is 14.4. The molecule has 3 aromatic rings. The lowest BCUT2D eigenvalue weighted by atomic mass is 10.1. The van der Waals surface area contributed by atoms with Gasteiger partial charge in [0.15, 0.2) is 0 Å². The van der Waals surface area contributed by atoms with Crippen LogP contribution in [0, 0.1) is 10.9 Å². The highest BCUT2D eigenvalue weighted by Crippen LogP contribution is 2.35. The van der Waals surface area contributed by atoms with Crippen molar-refractivity contribution in [3.63, 3.8) is 0 Å². The third-order valence-electron chi connectivity index (χ3n) is 3.60. The van der Waals surface area contributed by atoms with Crippen molar-refractivity contribution in [2.24, 2.45) is 5.10 Å². The van der Waals surface area contributed by atoms with Crippen LogP contribution in [-0.2, 0) is 0 Å². The number of benzene rings is 2. The number of thiazole rings is 1. The summed E-state index contributed by atoms with van der Waals surface area (Å²) in [4.78, 5) is 15.5. The van der Waals surface area contributed by atoms with Crippen molar-refractivity contribution in [3.05, 3.63) is 69.0 Å². The number of anilines is 1. The van der Waals surface area contributed by atoms with Gasteiger partial charge in [0.1, 0.15) is 11.5 Å². The third-order valence-corrected chi connectivity index (χ3v) is 5.20. The Bertz CT molecular complexity index is 1040. The van der Waals surface area contributed by atoms with Crippen molar-refractivity contribution in [2.45, 2.75) is 0 Å². The maximum absolute atomic E-state index is 14.4. The Hall–Kier alpha value is -2.65. The number of nitrogens with zero attached hydrogens (tertiary/aromatic N) is 3. The lowest BCUT2D eigenvalue weighted by Gasteiger charge is -2.08. The number of halogens is 3. The molecule has 3 rings (SSSR count). The average Bonchev–Trinajstić information content (AvgIpc) is 3.02. The molecule has 138 valence electrons. The zero-order valence-corrected chi connectivity index (χ0v) is 16.3. The highest BCUT2D eigenvalue weighted by molar-refractivity contribution is 9.10. The number of hydrogen-bond acceptors (Lipinski definition) is 5. The molecule has 1 aromatic heterocycles. The standard InChI is InChI=1S/C18H12BrF2N3O2S/c1-24(22-9-10-6-7-11(20)8-13(10)17(25)26)18-23-15(16(21)27-18)12-4-2-3-5-14(12)19/h2-9H,1H3,(H,25,26)/b22-9+. The monoisotopic (exact) mass is 451 g/mol. The van der Waals surface area contributed by atoms with E-state index in [0.29, 0.717) is 10.0 Å². The van der Waals surface area contributed by atoms with Gasteiger partial charge in [-0.15, -0.1) is 0 Å². The molecule has 0 spiro atoms. The third kappa shape index (κ3) is 4.20. The predicted molar refractivity (Wildman–Crippen MR) is 105 cm³/mol. The molecule has 1 heterocycles. The van der Waals surface area contributed by atoms with Gasteiger partial charge in [0.2, 0.25) is 10.3 Å². The molecule has 0 radical (unpaired) electrons. The van der Waals surface area contributed by atoms with E-state index in [0.717, 1.165) is 23.5 Å². The van der Waals surface area contributed by atoms with Crippen LogP contribution < -0.4 is 5.01 Å². The molecule has 0 atom stereocenters.